The minimum absolute atomic E-state index is 0.0475. The number of nitrogens with one attached hydrogen (secondary N) is 2. The highest BCUT2D eigenvalue weighted by atomic mass is 16.7. The number of ether oxygens (including phenoxy) is 2. The molecule has 5 fully saturated rings. The van der Waals surface area contributed by atoms with Crippen LogP contribution in [0.5, 0.6) is 0 Å². The van der Waals surface area contributed by atoms with Crippen LogP contribution < -0.4 is 10.6 Å². The number of amides is 2. The molecule has 2 bridgehead atoms. The summed E-state index contributed by atoms with van der Waals surface area (Å²) in [5, 5.41) is 5.76. The SMILES string of the molecule is COC[C@@H](NC(=O)OC(C)(C)C)C(=O)N[C@@H](CC1CC1)B1O[C@@H]2C[C@@H]3C[C@@H](C3(C)C)[C@]2(C)O1. The molecule has 33 heavy (non-hydrogen) atoms. The maximum atomic E-state index is 13.2. The number of carbonyl (C=O) groups excluding carboxylic acids is 2. The fourth-order valence-corrected chi connectivity index (χ4v) is 6.10. The number of alkyl carbamates (subject to hydrolysis) is 1. The van der Waals surface area contributed by atoms with Gasteiger partial charge in [0.15, 0.2) is 0 Å². The third-order valence-corrected chi connectivity index (χ3v) is 8.25. The Morgan fingerprint density at radius 3 is 2.42 bits per heavy atom. The third kappa shape index (κ3) is 5.05. The number of methoxy groups -OCH3 is 1. The van der Waals surface area contributed by atoms with Gasteiger partial charge in [0.05, 0.1) is 24.3 Å². The second-order valence-corrected chi connectivity index (χ2v) is 12.3. The molecule has 0 spiro atoms. The van der Waals surface area contributed by atoms with E-state index < -0.39 is 24.9 Å². The van der Waals surface area contributed by atoms with Gasteiger partial charge < -0.3 is 29.4 Å². The molecule has 1 aliphatic heterocycles. The van der Waals surface area contributed by atoms with E-state index in [1.807, 2.05) is 0 Å². The fourth-order valence-electron chi connectivity index (χ4n) is 6.10. The van der Waals surface area contributed by atoms with E-state index in [1.54, 1.807) is 20.8 Å². The van der Waals surface area contributed by atoms with Gasteiger partial charge in [0.25, 0.3) is 0 Å². The van der Waals surface area contributed by atoms with E-state index in [0.717, 1.165) is 25.7 Å². The molecule has 5 aliphatic rings. The molecular weight excluding hydrogens is 423 g/mol. The Morgan fingerprint density at radius 1 is 1.15 bits per heavy atom. The third-order valence-electron chi connectivity index (χ3n) is 8.25. The summed E-state index contributed by atoms with van der Waals surface area (Å²) >= 11 is 0. The van der Waals surface area contributed by atoms with Crippen LogP contribution in [0, 0.1) is 23.2 Å². The smallest absolute Gasteiger partial charge is 0.444 e. The molecule has 0 aromatic heterocycles. The molecule has 4 saturated carbocycles. The van der Waals surface area contributed by atoms with Gasteiger partial charge in [0, 0.05) is 7.11 Å². The van der Waals surface area contributed by atoms with E-state index in [-0.39, 0.29) is 35.6 Å². The van der Waals surface area contributed by atoms with E-state index in [4.69, 9.17) is 18.8 Å². The second kappa shape index (κ2) is 8.72. The van der Waals surface area contributed by atoms with Crippen LogP contribution in [0.1, 0.15) is 73.6 Å². The van der Waals surface area contributed by atoms with Gasteiger partial charge in [0.2, 0.25) is 5.91 Å². The average Bonchev–Trinajstić information content (AvgIpc) is 3.43. The van der Waals surface area contributed by atoms with Gasteiger partial charge in [-0.3, -0.25) is 4.79 Å². The Balaban J connectivity index is 1.43. The molecule has 2 amide bonds. The lowest BCUT2D eigenvalue weighted by Crippen LogP contribution is -2.65. The summed E-state index contributed by atoms with van der Waals surface area (Å²) in [4.78, 5) is 25.5. The van der Waals surface area contributed by atoms with Gasteiger partial charge in [-0.1, -0.05) is 26.7 Å². The first kappa shape index (κ1) is 24.8. The zero-order chi connectivity index (χ0) is 24.2. The lowest BCUT2D eigenvalue weighted by atomic mass is 9.43. The van der Waals surface area contributed by atoms with Crippen LogP contribution in [-0.4, -0.2) is 62.1 Å². The molecule has 0 unspecified atom stereocenters. The Hall–Kier alpha value is -1.32. The predicted octanol–water partition coefficient (Wildman–Crippen LogP) is 3.08. The molecule has 4 aliphatic carbocycles. The second-order valence-electron chi connectivity index (χ2n) is 12.3. The summed E-state index contributed by atoms with van der Waals surface area (Å²) in [6, 6.07) is -0.863. The summed E-state index contributed by atoms with van der Waals surface area (Å²) in [6.07, 6.45) is 4.74. The zero-order valence-electron chi connectivity index (χ0n) is 21.2. The first-order valence-electron chi connectivity index (χ1n) is 12.5. The summed E-state index contributed by atoms with van der Waals surface area (Å²) in [6.45, 7) is 12.3. The Morgan fingerprint density at radius 2 is 1.85 bits per heavy atom. The maximum Gasteiger partial charge on any atom is 0.481 e. The van der Waals surface area contributed by atoms with Crippen LogP contribution in [0.2, 0.25) is 0 Å². The zero-order valence-corrected chi connectivity index (χ0v) is 21.2. The fraction of sp³-hybridized carbons (Fsp3) is 0.917. The molecule has 8 nitrogen and oxygen atoms in total. The molecule has 9 heteroatoms. The van der Waals surface area contributed by atoms with Gasteiger partial charge >= 0.3 is 13.2 Å². The Labute approximate surface area is 198 Å². The van der Waals surface area contributed by atoms with Gasteiger partial charge in [-0.25, -0.2) is 4.79 Å². The van der Waals surface area contributed by atoms with Gasteiger partial charge in [0.1, 0.15) is 11.6 Å². The first-order valence-corrected chi connectivity index (χ1v) is 12.5. The van der Waals surface area contributed by atoms with E-state index in [9.17, 15) is 9.59 Å². The molecule has 0 aromatic carbocycles. The molecule has 0 radical (unpaired) electrons. The number of carbonyl (C=O) groups is 2. The first-order chi connectivity index (χ1) is 15.3. The van der Waals surface area contributed by atoms with Crippen molar-refractivity contribution >= 4 is 19.1 Å². The summed E-state index contributed by atoms with van der Waals surface area (Å²) in [7, 11) is 1.02. The van der Waals surface area contributed by atoms with Crippen molar-refractivity contribution in [2.24, 2.45) is 23.2 Å². The van der Waals surface area contributed by atoms with Crippen molar-refractivity contribution < 1.29 is 28.4 Å². The largest absolute Gasteiger partial charge is 0.481 e. The minimum atomic E-state index is -0.863. The lowest BCUT2D eigenvalue weighted by Gasteiger charge is -2.64. The highest BCUT2D eigenvalue weighted by Crippen LogP contribution is 2.65. The molecule has 2 N–H and O–H groups in total. The molecule has 6 atom stereocenters. The Kier molecular flexibility index (Phi) is 6.55. The van der Waals surface area contributed by atoms with Crippen molar-refractivity contribution in [3.63, 3.8) is 0 Å². The van der Waals surface area contributed by atoms with E-state index in [1.165, 1.54) is 13.5 Å². The van der Waals surface area contributed by atoms with E-state index in [0.29, 0.717) is 17.8 Å². The molecule has 5 rings (SSSR count). The number of hydrogen-bond acceptors (Lipinski definition) is 6. The normalized spacial score (nSPS) is 34.0. The van der Waals surface area contributed by atoms with Crippen LogP contribution in [0.25, 0.3) is 0 Å². The van der Waals surface area contributed by atoms with Crippen molar-refractivity contribution in [3.8, 4) is 0 Å². The van der Waals surface area contributed by atoms with Crippen molar-refractivity contribution in [2.45, 2.75) is 103 Å². The van der Waals surface area contributed by atoms with Crippen molar-refractivity contribution in [1.29, 1.82) is 0 Å². The van der Waals surface area contributed by atoms with E-state index >= 15 is 0 Å². The predicted molar refractivity (Wildman–Crippen MR) is 124 cm³/mol. The van der Waals surface area contributed by atoms with Gasteiger partial charge in [-0.05, 0) is 70.1 Å². The van der Waals surface area contributed by atoms with E-state index in [2.05, 4.69) is 31.4 Å². The summed E-state index contributed by atoms with van der Waals surface area (Å²) in [5.41, 5.74) is -0.714. The van der Waals surface area contributed by atoms with Gasteiger partial charge in [-0.2, -0.15) is 0 Å². The van der Waals surface area contributed by atoms with Crippen LogP contribution >= 0.6 is 0 Å². The summed E-state index contributed by atoms with van der Waals surface area (Å²) in [5.74, 6) is 1.12. The van der Waals surface area contributed by atoms with Crippen LogP contribution in [0.15, 0.2) is 0 Å². The monoisotopic (exact) mass is 464 g/mol. The quantitative estimate of drug-likeness (QED) is 0.537. The van der Waals surface area contributed by atoms with Crippen LogP contribution in [0.3, 0.4) is 0 Å². The highest BCUT2D eigenvalue weighted by molar-refractivity contribution is 6.48. The molecule has 1 heterocycles. The van der Waals surface area contributed by atoms with Crippen molar-refractivity contribution in [3.05, 3.63) is 0 Å². The molecule has 0 aromatic rings. The topological polar surface area (TPSA) is 95.1 Å². The molecular formula is C24H41BN2O6. The molecule has 186 valence electrons. The van der Waals surface area contributed by atoms with Gasteiger partial charge in [-0.15, -0.1) is 0 Å². The minimum Gasteiger partial charge on any atom is -0.444 e. The standard InChI is InChI=1S/C24H41BN2O6/c1-22(2,3)31-21(29)26-16(13-30-7)20(28)27-19(10-14-8-9-14)25-32-18-12-15-11-17(23(15,4)5)24(18,6)33-25/h14-19H,8-13H2,1-7H3,(H,26,29)(H,27,28)/t15-,16+,17-,18+,19-,24-/m0/s1. The van der Waals surface area contributed by atoms with Crippen LogP contribution in [0.4, 0.5) is 4.79 Å². The molecule has 1 saturated heterocycles. The lowest BCUT2D eigenvalue weighted by molar-refractivity contribution is -0.199. The number of rotatable bonds is 8. The highest BCUT2D eigenvalue weighted by Gasteiger charge is 2.68. The summed E-state index contributed by atoms with van der Waals surface area (Å²) < 4.78 is 23.6. The maximum absolute atomic E-state index is 13.2. The van der Waals surface area contributed by atoms with Crippen molar-refractivity contribution in [2.75, 3.05) is 13.7 Å². The van der Waals surface area contributed by atoms with Crippen molar-refractivity contribution in [1.82, 2.24) is 10.6 Å². The average molecular weight is 464 g/mol. The Bertz CT molecular complexity index is 767. The van der Waals surface area contributed by atoms with Crippen LogP contribution in [-0.2, 0) is 23.6 Å². The number of hydrogen-bond donors (Lipinski definition) is 2.